The Balaban J connectivity index is 1.66. The summed E-state index contributed by atoms with van der Waals surface area (Å²) < 4.78 is 5.66. The van der Waals surface area contributed by atoms with Crippen LogP contribution in [0.4, 0.5) is 0 Å². The predicted octanol–water partition coefficient (Wildman–Crippen LogP) is 1.67. The van der Waals surface area contributed by atoms with Gasteiger partial charge in [0.1, 0.15) is 5.75 Å². The Morgan fingerprint density at radius 1 is 1.10 bits per heavy atom. The minimum absolute atomic E-state index is 0.381. The summed E-state index contributed by atoms with van der Waals surface area (Å²) in [5.74, 6) is 0.781. The fourth-order valence-electron chi connectivity index (χ4n) is 2.28. The van der Waals surface area contributed by atoms with Crippen molar-refractivity contribution in [1.29, 1.82) is 0 Å². The molecule has 5 nitrogen and oxygen atoms in total. The van der Waals surface area contributed by atoms with Crippen LogP contribution < -0.4 is 10.1 Å². The number of rotatable bonds is 4. The summed E-state index contributed by atoms with van der Waals surface area (Å²) in [6.45, 7) is 5.26. The van der Waals surface area contributed by atoms with Gasteiger partial charge in [0.25, 0.3) is 0 Å². The van der Waals surface area contributed by atoms with Gasteiger partial charge in [0, 0.05) is 45.1 Å². The number of aromatic nitrogens is 2. The van der Waals surface area contributed by atoms with Gasteiger partial charge in [-0.25, -0.2) is 9.97 Å². The van der Waals surface area contributed by atoms with E-state index in [9.17, 15) is 0 Å². The molecule has 5 heteroatoms. The lowest BCUT2D eigenvalue weighted by atomic mass is 10.2. The van der Waals surface area contributed by atoms with Gasteiger partial charge in [0.05, 0.1) is 0 Å². The number of hydrogen-bond acceptors (Lipinski definition) is 5. The van der Waals surface area contributed by atoms with Crippen LogP contribution in [-0.2, 0) is 6.54 Å². The maximum atomic E-state index is 5.66. The van der Waals surface area contributed by atoms with Crippen molar-refractivity contribution in [2.24, 2.45) is 0 Å². The van der Waals surface area contributed by atoms with Crippen LogP contribution in [0, 0.1) is 0 Å². The lowest BCUT2D eigenvalue weighted by Gasteiger charge is -2.27. The van der Waals surface area contributed by atoms with Gasteiger partial charge in [0.2, 0.25) is 0 Å². The number of hydrogen-bond donors (Lipinski definition) is 1. The Bertz CT molecular complexity index is 541. The number of nitrogens with one attached hydrogen (secondary N) is 1. The third kappa shape index (κ3) is 3.53. The highest BCUT2D eigenvalue weighted by Gasteiger charge is 2.10. The molecule has 20 heavy (non-hydrogen) atoms. The zero-order valence-corrected chi connectivity index (χ0v) is 11.3. The fourth-order valence-corrected chi connectivity index (χ4v) is 2.28. The van der Waals surface area contributed by atoms with E-state index in [1.54, 1.807) is 18.5 Å². The molecule has 1 N–H and O–H groups in total. The molecular formula is C15H18N4O. The molecule has 0 atom stereocenters. The second kappa shape index (κ2) is 6.45. The van der Waals surface area contributed by atoms with Crippen molar-refractivity contribution in [3.8, 4) is 11.8 Å². The zero-order chi connectivity index (χ0) is 13.6. The van der Waals surface area contributed by atoms with Gasteiger partial charge < -0.3 is 10.1 Å². The number of benzene rings is 1. The number of ether oxygens (including phenoxy) is 1. The molecule has 0 radical (unpaired) electrons. The normalized spacial score (nSPS) is 16.0. The first-order valence-corrected chi connectivity index (χ1v) is 6.87. The van der Waals surface area contributed by atoms with Crippen LogP contribution in [0.15, 0.2) is 42.7 Å². The van der Waals surface area contributed by atoms with E-state index in [1.807, 2.05) is 12.1 Å². The van der Waals surface area contributed by atoms with Gasteiger partial charge in [-0.2, -0.15) is 0 Å². The van der Waals surface area contributed by atoms with E-state index in [1.165, 1.54) is 5.56 Å². The molecule has 0 aliphatic carbocycles. The predicted molar refractivity (Wildman–Crippen MR) is 76.7 cm³/mol. The first-order valence-electron chi connectivity index (χ1n) is 6.87. The average molecular weight is 270 g/mol. The maximum Gasteiger partial charge on any atom is 0.321 e. The largest absolute Gasteiger partial charge is 0.424 e. The number of nitrogens with zero attached hydrogens (tertiary/aromatic N) is 3. The molecule has 0 unspecified atom stereocenters. The number of piperazine rings is 1. The maximum absolute atomic E-state index is 5.66. The summed E-state index contributed by atoms with van der Waals surface area (Å²) >= 11 is 0. The van der Waals surface area contributed by atoms with Gasteiger partial charge in [-0.3, -0.25) is 4.90 Å². The smallest absolute Gasteiger partial charge is 0.321 e. The van der Waals surface area contributed by atoms with Gasteiger partial charge >= 0.3 is 6.01 Å². The Morgan fingerprint density at radius 2 is 1.90 bits per heavy atom. The SMILES string of the molecule is c1cnc(Oc2cccc(CN3CCNCC3)c2)nc1. The van der Waals surface area contributed by atoms with E-state index in [-0.39, 0.29) is 0 Å². The first-order chi connectivity index (χ1) is 9.90. The molecule has 3 rings (SSSR count). The minimum atomic E-state index is 0.381. The Labute approximate surface area is 118 Å². The van der Waals surface area contributed by atoms with Crippen molar-refractivity contribution in [3.05, 3.63) is 48.3 Å². The molecule has 1 saturated heterocycles. The third-order valence-corrected chi connectivity index (χ3v) is 3.27. The van der Waals surface area contributed by atoms with Crippen molar-refractivity contribution in [2.45, 2.75) is 6.54 Å². The standard InChI is InChI=1S/C15H18N4O/c1-3-13(12-19-9-7-16-8-10-19)11-14(4-1)20-15-17-5-2-6-18-15/h1-6,11,16H,7-10,12H2. The first kappa shape index (κ1) is 13.0. The van der Waals surface area contributed by atoms with E-state index < -0.39 is 0 Å². The Hall–Kier alpha value is -1.98. The minimum Gasteiger partial charge on any atom is -0.424 e. The summed E-state index contributed by atoms with van der Waals surface area (Å²) in [7, 11) is 0. The van der Waals surface area contributed by atoms with E-state index in [2.05, 4.69) is 32.3 Å². The average Bonchev–Trinajstić information content (AvgIpc) is 2.50. The molecule has 1 fully saturated rings. The molecule has 0 saturated carbocycles. The van der Waals surface area contributed by atoms with E-state index >= 15 is 0 Å². The molecule has 1 aromatic carbocycles. The quantitative estimate of drug-likeness (QED) is 0.916. The molecule has 1 aliphatic heterocycles. The molecule has 0 amide bonds. The van der Waals surface area contributed by atoms with E-state index in [4.69, 9.17) is 4.74 Å². The summed E-state index contributed by atoms with van der Waals surface area (Å²) in [4.78, 5) is 10.6. The van der Waals surface area contributed by atoms with Crippen molar-refractivity contribution < 1.29 is 4.74 Å². The van der Waals surface area contributed by atoms with E-state index in [0.29, 0.717) is 6.01 Å². The molecule has 1 aromatic heterocycles. The van der Waals surface area contributed by atoms with Crippen LogP contribution in [0.5, 0.6) is 11.8 Å². The highest BCUT2D eigenvalue weighted by Crippen LogP contribution is 2.19. The van der Waals surface area contributed by atoms with Gasteiger partial charge in [-0.1, -0.05) is 12.1 Å². The summed E-state index contributed by atoms with van der Waals surface area (Å²) in [6.07, 6.45) is 3.35. The van der Waals surface area contributed by atoms with Crippen LogP contribution >= 0.6 is 0 Å². The summed E-state index contributed by atoms with van der Waals surface area (Å²) in [5, 5.41) is 3.36. The Morgan fingerprint density at radius 3 is 2.70 bits per heavy atom. The second-order valence-electron chi connectivity index (χ2n) is 4.81. The van der Waals surface area contributed by atoms with Crippen LogP contribution in [0.25, 0.3) is 0 Å². The highest BCUT2D eigenvalue weighted by molar-refractivity contribution is 5.30. The topological polar surface area (TPSA) is 50.3 Å². The van der Waals surface area contributed by atoms with Crippen LogP contribution in [0.1, 0.15) is 5.56 Å². The molecule has 104 valence electrons. The van der Waals surface area contributed by atoms with Gasteiger partial charge in [-0.15, -0.1) is 0 Å². The van der Waals surface area contributed by atoms with Crippen molar-refractivity contribution in [3.63, 3.8) is 0 Å². The molecular weight excluding hydrogens is 252 g/mol. The lowest BCUT2D eigenvalue weighted by Crippen LogP contribution is -2.42. The van der Waals surface area contributed by atoms with Crippen LogP contribution in [-0.4, -0.2) is 41.0 Å². The summed E-state index contributed by atoms with van der Waals surface area (Å²) in [6, 6.07) is 10.3. The third-order valence-electron chi connectivity index (χ3n) is 3.27. The van der Waals surface area contributed by atoms with Gasteiger partial charge in [0.15, 0.2) is 0 Å². The highest BCUT2D eigenvalue weighted by atomic mass is 16.5. The van der Waals surface area contributed by atoms with Crippen LogP contribution in [0.3, 0.4) is 0 Å². The van der Waals surface area contributed by atoms with Crippen molar-refractivity contribution in [2.75, 3.05) is 26.2 Å². The van der Waals surface area contributed by atoms with E-state index in [0.717, 1.165) is 38.5 Å². The molecule has 1 aliphatic rings. The molecule has 0 bridgehead atoms. The van der Waals surface area contributed by atoms with Crippen molar-refractivity contribution >= 4 is 0 Å². The molecule has 0 spiro atoms. The van der Waals surface area contributed by atoms with Crippen LogP contribution in [0.2, 0.25) is 0 Å². The Kier molecular flexibility index (Phi) is 4.20. The fraction of sp³-hybridized carbons (Fsp3) is 0.333. The molecule has 2 heterocycles. The summed E-state index contributed by atoms with van der Waals surface area (Å²) in [5.41, 5.74) is 1.25. The van der Waals surface area contributed by atoms with Crippen molar-refractivity contribution in [1.82, 2.24) is 20.2 Å². The molecule has 2 aromatic rings. The second-order valence-corrected chi connectivity index (χ2v) is 4.81. The van der Waals surface area contributed by atoms with Gasteiger partial charge in [-0.05, 0) is 23.8 Å². The lowest BCUT2D eigenvalue weighted by molar-refractivity contribution is 0.233. The zero-order valence-electron chi connectivity index (χ0n) is 11.3. The monoisotopic (exact) mass is 270 g/mol.